The van der Waals surface area contributed by atoms with Gasteiger partial charge < -0.3 is 25.2 Å². The molecule has 2 aliphatic rings. The topological polar surface area (TPSA) is 138 Å². The van der Waals surface area contributed by atoms with E-state index in [-0.39, 0.29) is 17.4 Å². The van der Waals surface area contributed by atoms with E-state index in [1.165, 1.54) is 0 Å². The molecule has 0 spiro atoms. The Labute approximate surface area is 189 Å². The maximum atomic E-state index is 14.1. The van der Waals surface area contributed by atoms with Crippen molar-refractivity contribution in [2.45, 2.75) is 37.1 Å². The van der Waals surface area contributed by atoms with E-state index < -0.39 is 49.5 Å². The van der Waals surface area contributed by atoms with E-state index in [1.807, 2.05) is 0 Å². The molecule has 4 N–H and O–H groups in total. The number of fused-ring (bicyclic) bond motifs is 1. The van der Waals surface area contributed by atoms with E-state index in [1.54, 1.807) is 24.3 Å². The van der Waals surface area contributed by atoms with Gasteiger partial charge in [-0.3, -0.25) is 13.6 Å². The summed E-state index contributed by atoms with van der Waals surface area (Å²) < 4.78 is 50.7. The molecule has 1 saturated heterocycles. The third kappa shape index (κ3) is 4.03. The fourth-order valence-corrected chi connectivity index (χ4v) is 5.25. The molecule has 0 bridgehead atoms. The molecular weight excluding hydrogens is 495 g/mol. The van der Waals surface area contributed by atoms with Crippen molar-refractivity contribution in [3.8, 4) is 5.75 Å². The molecule has 1 fully saturated rings. The van der Waals surface area contributed by atoms with Gasteiger partial charge in [0.2, 0.25) is 0 Å². The number of aromatic nitrogens is 2. The van der Waals surface area contributed by atoms with Crippen LogP contribution in [0.15, 0.2) is 35.3 Å². The van der Waals surface area contributed by atoms with Crippen molar-refractivity contribution < 1.29 is 37.3 Å². The third-order valence-electron chi connectivity index (χ3n) is 5.04. The Hall–Kier alpha value is -1.70. The highest BCUT2D eigenvalue weighted by Crippen LogP contribution is 2.56. The van der Waals surface area contributed by atoms with E-state index in [9.17, 15) is 23.8 Å². The molecule has 2 aromatic rings. The zero-order chi connectivity index (χ0) is 23.3. The van der Waals surface area contributed by atoms with E-state index in [4.69, 9.17) is 47.4 Å². The summed E-state index contributed by atoms with van der Waals surface area (Å²) in [6.07, 6.45) is -8.28. The number of alkyl halides is 2. The average Bonchev–Trinajstić information content (AvgIpc) is 3.01. The lowest BCUT2D eigenvalue weighted by atomic mass is 9.96. The van der Waals surface area contributed by atoms with Gasteiger partial charge in [-0.1, -0.05) is 29.8 Å². The van der Waals surface area contributed by atoms with Crippen molar-refractivity contribution in [2.24, 2.45) is 0 Å². The summed E-state index contributed by atoms with van der Waals surface area (Å²) in [7, 11) is 0. The van der Waals surface area contributed by atoms with Crippen LogP contribution in [0, 0.1) is 0 Å². The van der Waals surface area contributed by atoms with Crippen LogP contribution < -0.4 is 15.9 Å². The lowest BCUT2D eigenvalue weighted by Crippen LogP contribution is -2.52. The lowest BCUT2D eigenvalue weighted by Gasteiger charge is -2.34. The Morgan fingerprint density at radius 2 is 2.16 bits per heavy atom. The Bertz CT molecular complexity index is 1140. The first kappa shape index (κ1) is 23.5. The molecule has 15 heteroatoms. The van der Waals surface area contributed by atoms with Gasteiger partial charge in [0.1, 0.15) is 23.8 Å². The van der Waals surface area contributed by atoms with Gasteiger partial charge in [0.25, 0.3) is 6.43 Å². The van der Waals surface area contributed by atoms with Crippen LogP contribution in [0.4, 0.5) is 14.6 Å². The number of benzene rings is 1. The fourth-order valence-electron chi connectivity index (χ4n) is 3.28. The molecule has 1 aromatic carbocycles. The lowest BCUT2D eigenvalue weighted by molar-refractivity contribution is -0.193. The average molecular weight is 512 g/mol. The first-order valence-corrected chi connectivity index (χ1v) is 12.0. The number of anilines is 1. The van der Waals surface area contributed by atoms with Crippen molar-refractivity contribution in [2.75, 3.05) is 12.3 Å². The minimum Gasteiger partial charge on any atom is -0.424 e. The highest BCUT2D eigenvalue weighted by Gasteiger charge is 2.61. The van der Waals surface area contributed by atoms with Crippen molar-refractivity contribution in [3.63, 3.8) is 0 Å². The second-order valence-corrected chi connectivity index (χ2v) is 10.4. The van der Waals surface area contributed by atoms with Crippen LogP contribution in [-0.2, 0) is 32.2 Å². The standard InChI is InChI=1S/C17H17ClF2N3O7PS/c18-9-5-23(16(26)22-13(9)21)14-11(24)12(25)17(29-14,15(19)20)7-28-31(32)27-6-8-3-1-2-4-10(8)30-31/h1-5,11-12,14-15,24-25H,6-7H2,(H2,21,22,26)/t11-,12-,14+,17+,31?/m0/s1. The zero-order valence-electron chi connectivity index (χ0n) is 16.0. The van der Waals surface area contributed by atoms with Crippen molar-refractivity contribution >= 4 is 35.9 Å². The smallest absolute Gasteiger partial charge is 0.381 e. The second-order valence-electron chi connectivity index (χ2n) is 7.06. The summed E-state index contributed by atoms with van der Waals surface area (Å²) in [6, 6.07) is 6.82. The number of rotatable bonds is 5. The Balaban J connectivity index is 1.59. The minimum atomic E-state index is -3.53. The number of hydrogen-bond acceptors (Lipinski definition) is 10. The predicted octanol–water partition coefficient (Wildman–Crippen LogP) is 1.58. The number of para-hydroxylation sites is 1. The molecule has 0 saturated carbocycles. The number of nitrogens with zero attached hydrogens (tertiary/aromatic N) is 2. The van der Waals surface area contributed by atoms with Gasteiger partial charge in [-0.2, -0.15) is 4.98 Å². The molecule has 1 aromatic heterocycles. The largest absolute Gasteiger partial charge is 0.424 e. The summed E-state index contributed by atoms with van der Waals surface area (Å²) in [5.41, 5.74) is 2.35. The maximum absolute atomic E-state index is 14.1. The van der Waals surface area contributed by atoms with E-state index in [0.29, 0.717) is 15.9 Å². The fraction of sp³-hybridized carbons (Fsp3) is 0.412. The molecule has 5 atom stereocenters. The molecule has 4 rings (SSSR count). The number of ether oxygens (including phenoxy) is 1. The molecule has 174 valence electrons. The van der Waals surface area contributed by atoms with Gasteiger partial charge >= 0.3 is 12.4 Å². The van der Waals surface area contributed by atoms with Crippen LogP contribution in [-0.4, -0.2) is 50.6 Å². The first-order chi connectivity index (χ1) is 15.1. The number of halogens is 3. The molecule has 2 aliphatic heterocycles. The van der Waals surface area contributed by atoms with Crippen LogP contribution >= 0.6 is 18.3 Å². The Morgan fingerprint density at radius 1 is 1.44 bits per heavy atom. The van der Waals surface area contributed by atoms with Crippen molar-refractivity contribution in [1.29, 1.82) is 0 Å². The van der Waals surface area contributed by atoms with Gasteiger partial charge in [0, 0.05) is 23.6 Å². The number of nitrogens with two attached hydrogens (primary N) is 1. The van der Waals surface area contributed by atoms with Crippen LogP contribution in [0.25, 0.3) is 0 Å². The Morgan fingerprint density at radius 3 is 2.88 bits per heavy atom. The van der Waals surface area contributed by atoms with Crippen LogP contribution in [0.2, 0.25) is 5.02 Å². The molecule has 0 radical (unpaired) electrons. The Kier molecular flexibility index (Phi) is 6.29. The van der Waals surface area contributed by atoms with Gasteiger partial charge in [0.05, 0.1) is 18.2 Å². The summed E-state index contributed by atoms with van der Waals surface area (Å²) in [4.78, 5) is 15.6. The van der Waals surface area contributed by atoms with Crippen molar-refractivity contribution in [1.82, 2.24) is 9.55 Å². The highest BCUT2D eigenvalue weighted by molar-refractivity contribution is 8.07. The SMILES string of the molecule is Nc1nc(=O)n([C@@H]2O[C@@](COP3(=S)OCc4ccccc4O3)(C(F)F)[C@@H](O)[C@@H]2O)cc1Cl. The molecule has 32 heavy (non-hydrogen) atoms. The summed E-state index contributed by atoms with van der Waals surface area (Å²) in [5, 5.41) is 20.7. The molecule has 1 unspecified atom stereocenters. The predicted molar refractivity (Wildman–Crippen MR) is 111 cm³/mol. The van der Waals surface area contributed by atoms with Gasteiger partial charge in [-0.25, -0.2) is 13.6 Å². The van der Waals surface area contributed by atoms with Gasteiger partial charge in [-0.05, 0) is 6.07 Å². The second kappa shape index (κ2) is 8.58. The normalized spacial score (nSPS) is 32.0. The van der Waals surface area contributed by atoms with Gasteiger partial charge in [-0.15, -0.1) is 0 Å². The van der Waals surface area contributed by atoms with E-state index in [0.717, 1.165) is 6.20 Å². The zero-order valence-corrected chi connectivity index (χ0v) is 18.5. The number of nitrogen functional groups attached to an aromatic ring is 1. The third-order valence-corrected chi connectivity index (χ3v) is 7.50. The number of hydrogen-bond donors (Lipinski definition) is 3. The summed E-state index contributed by atoms with van der Waals surface area (Å²) in [6.45, 7) is -4.49. The minimum absolute atomic E-state index is 0.0365. The number of aliphatic hydroxyl groups is 2. The maximum Gasteiger partial charge on any atom is 0.381 e. The molecule has 0 amide bonds. The van der Waals surface area contributed by atoms with Crippen LogP contribution in [0.1, 0.15) is 11.8 Å². The van der Waals surface area contributed by atoms with E-state index >= 15 is 0 Å². The number of aliphatic hydroxyl groups excluding tert-OH is 2. The highest BCUT2D eigenvalue weighted by atomic mass is 35.5. The van der Waals surface area contributed by atoms with Crippen LogP contribution in [0.3, 0.4) is 0 Å². The molecular formula is C17H17ClF2N3O7PS. The summed E-state index contributed by atoms with van der Waals surface area (Å²) >= 11 is 11.1. The van der Waals surface area contributed by atoms with E-state index in [2.05, 4.69) is 4.98 Å². The van der Waals surface area contributed by atoms with Crippen LogP contribution in [0.5, 0.6) is 5.75 Å². The molecule has 3 heterocycles. The molecule has 0 aliphatic carbocycles. The summed E-state index contributed by atoms with van der Waals surface area (Å²) in [5.74, 6) is 0.0854. The quantitative estimate of drug-likeness (QED) is 0.507. The van der Waals surface area contributed by atoms with Gasteiger partial charge in [0.15, 0.2) is 11.8 Å². The monoisotopic (exact) mass is 511 g/mol. The van der Waals surface area contributed by atoms with Crippen molar-refractivity contribution in [3.05, 3.63) is 51.5 Å². The molecule has 10 nitrogen and oxygen atoms in total. The first-order valence-electron chi connectivity index (χ1n) is 9.09.